The molecule has 0 saturated carbocycles. The first-order valence-electron chi connectivity index (χ1n) is 11.2. The van der Waals surface area contributed by atoms with Gasteiger partial charge in [0.25, 0.3) is 5.91 Å². The maximum absolute atomic E-state index is 12.8. The highest BCUT2D eigenvalue weighted by Gasteiger charge is 2.24. The number of rotatable bonds is 8. The number of carbonyl (C=O) groups excluding carboxylic acids is 2. The lowest BCUT2D eigenvalue weighted by atomic mass is 10.2. The van der Waals surface area contributed by atoms with Crippen LogP contribution in [0.1, 0.15) is 43.7 Å². The summed E-state index contributed by atoms with van der Waals surface area (Å²) in [6.45, 7) is 2.96. The van der Waals surface area contributed by atoms with Crippen LogP contribution < -0.4 is 5.32 Å². The van der Waals surface area contributed by atoms with Crippen molar-refractivity contribution in [3.8, 4) is 0 Å². The third-order valence-electron chi connectivity index (χ3n) is 5.47. The molecule has 1 saturated heterocycles. The number of hydrogen-bond donors (Lipinski definition) is 1. The molecule has 8 heteroatoms. The molecule has 2 aromatic rings. The molecule has 0 aromatic heterocycles. The van der Waals surface area contributed by atoms with Gasteiger partial charge >= 0.3 is 5.97 Å². The van der Waals surface area contributed by atoms with Crippen molar-refractivity contribution >= 4 is 28.0 Å². The van der Waals surface area contributed by atoms with Gasteiger partial charge in [-0.2, -0.15) is 4.31 Å². The molecule has 1 heterocycles. The van der Waals surface area contributed by atoms with Crippen LogP contribution in [0.5, 0.6) is 0 Å². The quantitative estimate of drug-likeness (QED) is 0.471. The number of hydrogen-bond acceptors (Lipinski definition) is 5. The van der Waals surface area contributed by atoms with Gasteiger partial charge in [-0.3, -0.25) is 4.79 Å². The van der Waals surface area contributed by atoms with E-state index in [0.29, 0.717) is 25.2 Å². The summed E-state index contributed by atoms with van der Waals surface area (Å²) in [6.07, 6.45) is 5.68. The monoisotopic (exact) mass is 470 g/mol. The number of ether oxygens (including phenoxy) is 1. The lowest BCUT2D eigenvalue weighted by molar-refractivity contribution is -0.150. The fraction of sp³-hybridized carbons (Fsp3) is 0.360. The van der Waals surface area contributed by atoms with Crippen LogP contribution in [0.2, 0.25) is 0 Å². The normalized spacial score (nSPS) is 16.2. The van der Waals surface area contributed by atoms with E-state index in [4.69, 9.17) is 4.74 Å². The summed E-state index contributed by atoms with van der Waals surface area (Å²) in [7, 11) is -3.51. The maximum Gasteiger partial charge on any atom is 0.331 e. The zero-order valence-electron chi connectivity index (χ0n) is 18.8. The molecule has 1 N–H and O–H groups in total. The lowest BCUT2D eigenvalue weighted by Crippen LogP contribution is -2.35. The number of nitrogens with zero attached hydrogens (tertiary/aromatic N) is 1. The topological polar surface area (TPSA) is 92.8 Å². The van der Waals surface area contributed by atoms with E-state index >= 15 is 0 Å². The Morgan fingerprint density at radius 3 is 2.27 bits per heavy atom. The van der Waals surface area contributed by atoms with Gasteiger partial charge in [0.2, 0.25) is 10.0 Å². The summed E-state index contributed by atoms with van der Waals surface area (Å²) in [6, 6.07) is 15.8. The minimum absolute atomic E-state index is 0.243. The maximum atomic E-state index is 12.8. The minimum atomic E-state index is -3.51. The highest BCUT2D eigenvalue weighted by Crippen LogP contribution is 2.21. The van der Waals surface area contributed by atoms with Gasteiger partial charge in [0, 0.05) is 25.7 Å². The van der Waals surface area contributed by atoms with E-state index < -0.39 is 22.1 Å². The Labute approximate surface area is 195 Å². The Balaban J connectivity index is 1.51. The summed E-state index contributed by atoms with van der Waals surface area (Å²) < 4.78 is 32.4. The van der Waals surface area contributed by atoms with Gasteiger partial charge in [-0.05, 0) is 49.1 Å². The van der Waals surface area contributed by atoms with Crippen molar-refractivity contribution in [3.63, 3.8) is 0 Å². The van der Waals surface area contributed by atoms with Crippen LogP contribution in [0.3, 0.4) is 0 Å². The molecular weight excluding hydrogens is 440 g/mol. The molecule has 0 bridgehead atoms. The lowest BCUT2D eigenvalue weighted by Gasteiger charge is -2.19. The minimum Gasteiger partial charge on any atom is -0.449 e. The highest BCUT2D eigenvalue weighted by atomic mass is 32.2. The number of esters is 1. The van der Waals surface area contributed by atoms with E-state index in [-0.39, 0.29) is 10.8 Å². The van der Waals surface area contributed by atoms with Crippen LogP contribution in [0.15, 0.2) is 65.6 Å². The second-order valence-electron chi connectivity index (χ2n) is 8.00. The smallest absolute Gasteiger partial charge is 0.331 e. The molecule has 1 fully saturated rings. The second-order valence-corrected chi connectivity index (χ2v) is 9.94. The average Bonchev–Trinajstić information content (AvgIpc) is 3.12. The molecule has 176 valence electrons. The fourth-order valence-corrected chi connectivity index (χ4v) is 5.06. The van der Waals surface area contributed by atoms with E-state index in [2.05, 4.69) is 5.32 Å². The third-order valence-corrected chi connectivity index (χ3v) is 7.38. The van der Waals surface area contributed by atoms with Gasteiger partial charge in [0.15, 0.2) is 6.10 Å². The number of nitrogens with one attached hydrogen (secondary N) is 1. The van der Waals surface area contributed by atoms with Gasteiger partial charge in [-0.15, -0.1) is 0 Å². The summed E-state index contributed by atoms with van der Waals surface area (Å²) in [5.41, 5.74) is 1.61. The van der Waals surface area contributed by atoms with Gasteiger partial charge in [0.05, 0.1) is 4.90 Å². The zero-order valence-corrected chi connectivity index (χ0v) is 19.6. The summed E-state index contributed by atoms with van der Waals surface area (Å²) in [4.78, 5) is 24.5. The molecule has 1 atom stereocenters. The first-order chi connectivity index (χ1) is 15.9. The van der Waals surface area contributed by atoms with E-state index in [1.54, 1.807) is 28.6 Å². The molecule has 7 nitrogen and oxygen atoms in total. The molecule has 33 heavy (non-hydrogen) atoms. The van der Waals surface area contributed by atoms with Crippen LogP contribution in [-0.4, -0.2) is 43.8 Å². The molecular formula is C25H30N2O5S. The molecule has 2 aromatic carbocycles. The molecule has 1 aliphatic rings. The molecule has 1 aliphatic heterocycles. The number of sulfonamides is 1. The van der Waals surface area contributed by atoms with E-state index in [0.717, 1.165) is 31.2 Å². The van der Waals surface area contributed by atoms with Crippen molar-refractivity contribution < 1.29 is 22.7 Å². The van der Waals surface area contributed by atoms with Gasteiger partial charge in [-0.1, -0.05) is 55.3 Å². The van der Waals surface area contributed by atoms with Crippen LogP contribution in [0.25, 0.3) is 6.08 Å². The van der Waals surface area contributed by atoms with Gasteiger partial charge < -0.3 is 10.1 Å². The molecule has 0 spiro atoms. The standard InChI is InChI=1S/C25H30N2O5S/c1-20(25(29)26-19-22-9-5-4-6-10-22)32-24(28)16-13-21-11-14-23(15-12-21)33(30,31)27-17-7-2-3-8-18-27/h4-6,9-16,20H,2-3,7-8,17-19H2,1H3,(H,26,29)/b16-13+. The number of benzene rings is 2. The zero-order chi connectivity index (χ0) is 23.7. The van der Waals surface area contributed by atoms with E-state index in [1.807, 2.05) is 30.3 Å². The Kier molecular flexibility index (Phi) is 8.79. The second kappa shape index (κ2) is 11.8. The Bertz CT molecular complexity index is 1060. The van der Waals surface area contributed by atoms with Crippen molar-refractivity contribution in [3.05, 3.63) is 71.8 Å². The highest BCUT2D eigenvalue weighted by molar-refractivity contribution is 7.89. The summed E-state index contributed by atoms with van der Waals surface area (Å²) in [5, 5.41) is 2.73. The predicted molar refractivity (Wildman–Crippen MR) is 127 cm³/mol. The molecule has 0 aliphatic carbocycles. The molecule has 1 amide bonds. The van der Waals surface area contributed by atoms with Gasteiger partial charge in [0.1, 0.15) is 0 Å². The van der Waals surface area contributed by atoms with Crippen molar-refractivity contribution in [1.29, 1.82) is 0 Å². The van der Waals surface area contributed by atoms with E-state index in [9.17, 15) is 18.0 Å². The van der Waals surface area contributed by atoms with Crippen molar-refractivity contribution in [2.24, 2.45) is 0 Å². The first-order valence-corrected chi connectivity index (χ1v) is 12.6. The third kappa shape index (κ3) is 7.27. The number of amides is 1. The van der Waals surface area contributed by atoms with Crippen molar-refractivity contribution in [2.75, 3.05) is 13.1 Å². The van der Waals surface area contributed by atoms with Crippen LogP contribution >= 0.6 is 0 Å². The summed E-state index contributed by atoms with van der Waals surface area (Å²) >= 11 is 0. The van der Waals surface area contributed by atoms with Crippen molar-refractivity contribution in [1.82, 2.24) is 9.62 Å². The Morgan fingerprint density at radius 1 is 1.00 bits per heavy atom. The molecule has 1 unspecified atom stereocenters. The largest absolute Gasteiger partial charge is 0.449 e. The average molecular weight is 471 g/mol. The Hall–Kier alpha value is -2.97. The van der Waals surface area contributed by atoms with Crippen molar-refractivity contribution in [2.45, 2.75) is 50.2 Å². The van der Waals surface area contributed by atoms with Crippen LogP contribution in [0.4, 0.5) is 0 Å². The first kappa shape index (κ1) is 24.7. The fourth-order valence-electron chi connectivity index (χ4n) is 3.54. The van der Waals surface area contributed by atoms with Gasteiger partial charge in [-0.25, -0.2) is 13.2 Å². The number of carbonyl (C=O) groups is 2. The predicted octanol–water partition coefficient (Wildman–Crippen LogP) is 3.51. The molecule has 0 radical (unpaired) electrons. The summed E-state index contributed by atoms with van der Waals surface area (Å²) in [5.74, 6) is -1.04. The van der Waals surface area contributed by atoms with Crippen LogP contribution in [0, 0.1) is 0 Å². The van der Waals surface area contributed by atoms with Crippen LogP contribution in [-0.2, 0) is 30.9 Å². The van der Waals surface area contributed by atoms with E-state index in [1.165, 1.54) is 19.1 Å². The Morgan fingerprint density at radius 2 is 1.64 bits per heavy atom. The molecule has 3 rings (SSSR count). The SMILES string of the molecule is CC(OC(=O)/C=C/c1ccc(S(=O)(=O)N2CCCCCC2)cc1)C(=O)NCc1ccccc1.